The molecule has 0 aromatic heterocycles. The quantitative estimate of drug-likeness (QED) is 0.601. The van der Waals surface area contributed by atoms with Gasteiger partial charge in [-0.2, -0.15) is 0 Å². The molecule has 90 valence electrons. The monoisotopic (exact) mass is 217 g/mol. The average molecular weight is 217 g/mol. The Balaban J connectivity index is 1.95. The van der Waals surface area contributed by atoms with E-state index >= 15 is 0 Å². The molecule has 1 heterocycles. The van der Waals surface area contributed by atoms with Crippen molar-refractivity contribution in [1.82, 2.24) is 4.90 Å². The van der Waals surface area contributed by atoms with Crippen molar-refractivity contribution in [2.24, 2.45) is 0 Å². The zero-order valence-electron chi connectivity index (χ0n) is 9.65. The zero-order chi connectivity index (χ0) is 10.9. The van der Waals surface area contributed by atoms with Gasteiger partial charge in [-0.3, -0.25) is 4.90 Å². The first-order chi connectivity index (χ1) is 7.38. The van der Waals surface area contributed by atoms with Gasteiger partial charge in [-0.05, 0) is 25.8 Å². The first kappa shape index (κ1) is 12.9. The highest BCUT2D eigenvalue weighted by Gasteiger charge is 2.22. The van der Waals surface area contributed by atoms with Crippen LogP contribution in [0, 0.1) is 0 Å². The van der Waals surface area contributed by atoms with Gasteiger partial charge in [0.15, 0.2) is 0 Å². The average Bonchev–Trinajstić information content (AvgIpc) is 2.70. The number of aliphatic hydroxyl groups is 1. The number of hydrogen-bond donors (Lipinski definition) is 1. The third-order valence-corrected chi connectivity index (χ3v) is 2.88. The van der Waals surface area contributed by atoms with Crippen molar-refractivity contribution in [3.63, 3.8) is 0 Å². The van der Waals surface area contributed by atoms with Crippen LogP contribution in [0.1, 0.15) is 19.3 Å². The fourth-order valence-electron chi connectivity index (χ4n) is 2.01. The molecule has 0 unspecified atom stereocenters. The molecule has 0 radical (unpaired) electrons. The van der Waals surface area contributed by atoms with Gasteiger partial charge in [0.1, 0.15) is 0 Å². The Morgan fingerprint density at radius 1 is 1.33 bits per heavy atom. The van der Waals surface area contributed by atoms with Crippen LogP contribution in [0.3, 0.4) is 0 Å². The van der Waals surface area contributed by atoms with E-state index in [1.54, 1.807) is 7.11 Å². The van der Waals surface area contributed by atoms with E-state index in [0.29, 0.717) is 25.9 Å². The van der Waals surface area contributed by atoms with E-state index in [9.17, 15) is 0 Å². The molecule has 4 heteroatoms. The summed E-state index contributed by atoms with van der Waals surface area (Å²) in [5.41, 5.74) is 0. The maximum Gasteiger partial charge on any atom is 0.0700 e. The molecule has 1 atom stereocenters. The molecule has 1 aliphatic rings. The lowest BCUT2D eigenvalue weighted by Crippen LogP contribution is -2.33. The van der Waals surface area contributed by atoms with Crippen LogP contribution in [-0.4, -0.2) is 62.7 Å². The van der Waals surface area contributed by atoms with Crippen molar-refractivity contribution < 1.29 is 14.6 Å². The van der Waals surface area contributed by atoms with Gasteiger partial charge in [0.05, 0.1) is 19.8 Å². The second-order valence-electron chi connectivity index (χ2n) is 3.97. The molecule has 0 saturated carbocycles. The third-order valence-electron chi connectivity index (χ3n) is 2.88. The lowest BCUT2D eigenvalue weighted by Gasteiger charge is -2.22. The summed E-state index contributed by atoms with van der Waals surface area (Å²) in [5.74, 6) is 0. The smallest absolute Gasteiger partial charge is 0.0700 e. The summed E-state index contributed by atoms with van der Waals surface area (Å²) in [6, 6.07) is 0.393. The molecule has 0 amide bonds. The second-order valence-corrected chi connectivity index (χ2v) is 3.97. The van der Waals surface area contributed by atoms with Crippen LogP contribution in [0.25, 0.3) is 0 Å². The Morgan fingerprint density at radius 2 is 2.20 bits per heavy atom. The molecule has 1 rings (SSSR count). The van der Waals surface area contributed by atoms with Gasteiger partial charge in [-0.15, -0.1) is 0 Å². The summed E-state index contributed by atoms with van der Waals surface area (Å²) >= 11 is 0. The number of hydrogen-bond acceptors (Lipinski definition) is 4. The topological polar surface area (TPSA) is 41.9 Å². The maximum atomic E-state index is 9.12. The minimum Gasteiger partial charge on any atom is -0.395 e. The van der Waals surface area contributed by atoms with Crippen LogP contribution in [0.5, 0.6) is 0 Å². The Bertz CT molecular complexity index is 155. The van der Waals surface area contributed by atoms with Crippen LogP contribution >= 0.6 is 0 Å². The molecular formula is C11H23NO3. The van der Waals surface area contributed by atoms with Gasteiger partial charge in [0.25, 0.3) is 0 Å². The van der Waals surface area contributed by atoms with Gasteiger partial charge >= 0.3 is 0 Å². The summed E-state index contributed by atoms with van der Waals surface area (Å²) in [4.78, 5) is 2.36. The Morgan fingerprint density at radius 3 is 2.93 bits per heavy atom. The summed E-state index contributed by atoms with van der Waals surface area (Å²) in [7, 11) is 1.68. The van der Waals surface area contributed by atoms with Crippen LogP contribution in [0.2, 0.25) is 0 Å². The van der Waals surface area contributed by atoms with Crippen molar-refractivity contribution in [1.29, 1.82) is 0 Å². The normalized spacial score (nSPS) is 22.4. The molecule has 0 bridgehead atoms. The van der Waals surface area contributed by atoms with Gasteiger partial charge in [0, 0.05) is 26.3 Å². The first-order valence-corrected chi connectivity index (χ1v) is 5.80. The van der Waals surface area contributed by atoms with Gasteiger partial charge in [0.2, 0.25) is 0 Å². The largest absolute Gasteiger partial charge is 0.395 e. The lowest BCUT2D eigenvalue weighted by atomic mass is 10.2. The van der Waals surface area contributed by atoms with Gasteiger partial charge in [-0.25, -0.2) is 0 Å². The molecule has 15 heavy (non-hydrogen) atoms. The maximum absolute atomic E-state index is 9.12. The number of methoxy groups -OCH3 is 1. The first-order valence-electron chi connectivity index (χ1n) is 5.80. The van der Waals surface area contributed by atoms with Crippen LogP contribution in [0.4, 0.5) is 0 Å². The van der Waals surface area contributed by atoms with Crippen molar-refractivity contribution >= 4 is 0 Å². The van der Waals surface area contributed by atoms with Gasteiger partial charge in [-0.1, -0.05) is 0 Å². The molecule has 0 aromatic carbocycles. The standard InChI is InChI=1S/C11H23NO3/c1-14-8-9-15-7-3-6-12-5-2-4-11(12)10-13/h11,13H,2-10H2,1H3/t11-/m1/s1. The number of aliphatic hydroxyl groups excluding tert-OH is 1. The Hall–Kier alpha value is -0.160. The van der Waals surface area contributed by atoms with Crippen molar-refractivity contribution in [3.8, 4) is 0 Å². The molecule has 1 N–H and O–H groups in total. The number of ether oxygens (including phenoxy) is 2. The molecule has 0 aromatic rings. The van der Waals surface area contributed by atoms with E-state index in [4.69, 9.17) is 14.6 Å². The summed E-state index contributed by atoms with van der Waals surface area (Å²) < 4.78 is 10.3. The Kier molecular flexibility index (Phi) is 6.92. The third kappa shape index (κ3) is 4.93. The van der Waals surface area contributed by atoms with Crippen LogP contribution < -0.4 is 0 Å². The van der Waals surface area contributed by atoms with Crippen molar-refractivity contribution in [3.05, 3.63) is 0 Å². The number of rotatable bonds is 8. The van der Waals surface area contributed by atoms with Crippen LogP contribution in [0.15, 0.2) is 0 Å². The number of nitrogens with zero attached hydrogens (tertiary/aromatic N) is 1. The minimum absolute atomic E-state index is 0.296. The molecule has 0 spiro atoms. The highest BCUT2D eigenvalue weighted by Crippen LogP contribution is 2.16. The molecule has 1 fully saturated rings. The van der Waals surface area contributed by atoms with Gasteiger partial charge < -0.3 is 14.6 Å². The highest BCUT2D eigenvalue weighted by molar-refractivity contribution is 4.77. The van der Waals surface area contributed by atoms with E-state index < -0.39 is 0 Å². The SMILES string of the molecule is COCCOCCCN1CCC[C@@H]1CO. The van der Waals surface area contributed by atoms with E-state index in [1.165, 1.54) is 6.42 Å². The van der Waals surface area contributed by atoms with E-state index in [2.05, 4.69) is 4.90 Å². The minimum atomic E-state index is 0.296. The van der Waals surface area contributed by atoms with E-state index in [-0.39, 0.29) is 0 Å². The second kappa shape index (κ2) is 8.05. The van der Waals surface area contributed by atoms with E-state index in [1.807, 2.05) is 0 Å². The number of likely N-dealkylation sites (tertiary alicyclic amines) is 1. The van der Waals surface area contributed by atoms with Crippen molar-refractivity contribution in [2.45, 2.75) is 25.3 Å². The predicted octanol–water partition coefficient (Wildman–Crippen LogP) is 0.496. The van der Waals surface area contributed by atoms with Crippen molar-refractivity contribution in [2.75, 3.05) is 46.6 Å². The zero-order valence-corrected chi connectivity index (χ0v) is 9.65. The lowest BCUT2D eigenvalue weighted by molar-refractivity contribution is 0.0626. The van der Waals surface area contributed by atoms with Crippen LogP contribution in [-0.2, 0) is 9.47 Å². The summed E-state index contributed by atoms with van der Waals surface area (Å²) in [6.45, 7) is 4.60. The fraction of sp³-hybridized carbons (Fsp3) is 1.00. The fourth-order valence-corrected chi connectivity index (χ4v) is 2.01. The van der Waals surface area contributed by atoms with E-state index in [0.717, 1.165) is 32.5 Å². The molecule has 1 saturated heterocycles. The molecule has 4 nitrogen and oxygen atoms in total. The Labute approximate surface area is 92.2 Å². The molecular weight excluding hydrogens is 194 g/mol. The highest BCUT2D eigenvalue weighted by atomic mass is 16.5. The molecule has 0 aliphatic carbocycles. The molecule has 1 aliphatic heterocycles. The predicted molar refractivity (Wildman–Crippen MR) is 59.0 cm³/mol. The summed E-state index contributed by atoms with van der Waals surface area (Å²) in [6.07, 6.45) is 3.40. The summed E-state index contributed by atoms with van der Waals surface area (Å²) in [5, 5.41) is 9.12.